The predicted octanol–water partition coefficient (Wildman–Crippen LogP) is 3.26. The number of furan rings is 1. The summed E-state index contributed by atoms with van der Waals surface area (Å²) in [7, 11) is 2.01. The summed E-state index contributed by atoms with van der Waals surface area (Å²) in [6.07, 6.45) is 4.79. The standard InChI is InChI=1S/C16H19N3O/c1-3-8-18-16(13-10-17-11-19(13)2)15-9-12-6-4-5-7-14(12)20-15/h4-7,9-11,16,18H,3,8H2,1-2H3. The molecule has 4 heteroatoms. The van der Waals surface area contributed by atoms with Gasteiger partial charge in [0.05, 0.1) is 18.2 Å². The number of para-hydroxylation sites is 1. The molecule has 0 saturated heterocycles. The van der Waals surface area contributed by atoms with Gasteiger partial charge >= 0.3 is 0 Å². The monoisotopic (exact) mass is 269 g/mol. The Hall–Kier alpha value is -2.07. The molecule has 104 valence electrons. The van der Waals surface area contributed by atoms with Gasteiger partial charge in [0, 0.05) is 12.4 Å². The van der Waals surface area contributed by atoms with Crippen LogP contribution in [0.15, 0.2) is 47.3 Å². The molecule has 4 nitrogen and oxygen atoms in total. The fourth-order valence-electron chi connectivity index (χ4n) is 2.43. The number of aryl methyl sites for hydroxylation is 1. The molecular formula is C16H19N3O. The SMILES string of the molecule is CCCNC(c1cc2ccccc2o1)c1cncn1C. The zero-order valence-corrected chi connectivity index (χ0v) is 11.8. The van der Waals surface area contributed by atoms with Crippen molar-refractivity contribution in [2.45, 2.75) is 19.4 Å². The van der Waals surface area contributed by atoms with Crippen LogP contribution in [0, 0.1) is 0 Å². The Morgan fingerprint density at radius 2 is 2.20 bits per heavy atom. The van der Waals surface area contributed by atoms with Crippen molar-refractivity contribution in [2.75, 3.05) is 6.54 Å². The molecule has 20 heavy (non-hydrogen) atoms. The molecule has 1 atom stereocenters. The molecule has 0 aliphatic carbocycles. The number of imidazole rings is 1. The molecule has 0 fully saturated rings. The van der Waals surface area contributed by atoms with Gasteiger partial charge in [-0.1, -0.05) is 25.1 Å². The smallest absolute Gasteiger partial charge is 0.134 e. The summed E-state index contributed by atoms with van der Waals surface area (Å²) in [6, 6.07) is 10.2. The van der Waals surface area contributed by atoms with Crippen LogP contribution in [0.25, 0.3) is 11.0 Å². The van der Waals surface area contributed by atoms with Crippen LogP contribution in [0.4, 0.5) is 0 Å². The number of hydrogen-bond acceptors (Lipinski definition) is 3. The number of rotatable bonds is 5. The van der Waals surface area contributed by atoms with E-state index in [1.807, 2.05) is 42.3 Å². The largest absolute Gasteiger partial charge is 0.459 e. The van der Waals surface area contributed by atoms with E-state index >= 15 is 0 Å². The quantitative estimate of drug-likeness (QED) is 0.773. The highest BCUT2D eigenvalue weighted by Crippen LogP contribution is 2.27. The number of fused-ring (bicyclic) bond motifs is 1. The summed E-state index contributed by atoms with van der Waals surface area (Å²) in [5, 5.41) is 4.67. The maximum absolute atomic E-state index is 6.00. The van der Waals surface area contributed by atoms with E-state index in [0.29, 0.717) is 0 Å². The fraction of sp³-hybridized carbons (Fsp3) is 0.312. The number of nitrogens with zero attached hydrogens (tertiary/aromatic N) is 2. The zero-order chi connectivity index (χ0) is 13.9. The Balaban J connectivity index is 2.02. The normalized spacial score (nSPS) is 12.9. The molecule has 1 unspecified atom stereocenters. The molecule has 0 saturated carbocycles. The van der Waals surface area contributed by atoms with E-state index < -0.39 is 0 Å². The molecule has 0 bridgehead atoms. The van der Waals surface area contributed by atoms with E-state index in [9.17, 15) is 0 Å². The van der Waals surface area contributed by atoms with Crippen molar-refractivity contribution in [3.8, 4) is 0 Å². The first kappa shape index (κ1) is 12.9. The van der Waals surface area contributed by atoms with E-state index in [2.05, 4.69) is 29.4 Å². The summed E-state index contributed by atoms with van der Waals surface area (Å²) in [5.41, 5.74) is 2.03. The average Bonchev–Trinajstić information content (AvgIpc) is 3.06. The summed E-state index contributed by atoms with van der Waals surface area (Å²) < 4.78 is 8.03. The third-order valence-electron chi connectivity index (χ3n) is 3.48. The van der Waals surface area contributed by atoms with E-state index in [1.165, 1.54) is 0 Å². The van der Waals surface area contributed by atoms with Crippen molar-refractivity contribution in [1.29, 1.82) is 0 Å². The molecule has 1 N–H and O–H groups in total. The van der Waals surface area contributed by atoms with Crippen LogP contribution in [-0.2, 0) is 7.05 Å². The van der Waals surface area contributed by atoms with Crippen molar-refractivity contribution in [3.63, 3.8) is 0 Å². The lowest BCUT2D eigenvalue weighted by Crippen LogP contribution is -2.24. The van der Waals surface area contributed by atoms with Gasteiger partial charge in [-0.2, -0.15) is 0 Å². The van der Waals surface area contributed by atoms with Gasteiger partial charge in [-0.25, -0.2) is 4.98 Å². The lowest BCUT2D eigenvalue weighted by Gasteiger charge is -2.16. The molecule has 2 aromatic heterocycles. The molecule has 0 aliphatic heterocycles. The predicted molar refractivity (Wildman–Crippen MR) is 79.6 cm³/mol. The van der Waals surface area contributed by atoms with Crippen LogP contribution in [0.5, 0.6) is 0 Å². The molecule has 0 radical (unpaired) electrons. The molecule has 3 rings (SSSR count). The van der Waals surface area contributed by atoms with Crippen molar-refractivity contribution in [1.82, 2.24) is 14.9 Å². The van der Waals surface area contributed by atoms with Gasteiger partial charge < -0.3 is 14.3 Å². The minimum atomic E-state index is 0.0369. The van der Waals surface area contributed by atoms with Gasteiger partial charge in [-0.05, 0) is 25.1 Å². The Morgan fingerprint density at radius 1 is 1.35 bits per heavy atom. The minimum Gasteiger partial charge on any atom is -0.459 e. The van der Waals surface area contributed by atoms with Crippen LogP contribution in [0.3, 0.4) is 0 Å². The Morgan fingerprint density at radius 3 is 2.90 bits per heavy atom. The van der Waals surface area contributed by atoms with Gasteiger partial charge in [0.25, 0.3) is 0 Å². The van der Waals surface area contributed by atoms with Crippen LogP contribution in [0.2, 0.25) is 0 Å². The molecule has 0 amide bonds. The van der Waals surface area contributed by atoms with Crippen molar-refractivity contribution < 1.29 is 4.42 Å². The molecular weight excluding hydrogens is 250 g/mol. The second-order valence-electron chi connectivity index (χ2n) is 5.00. The first-order valence-corrected chi connectivity index (χ1v) is 6.97. The van der Waals surface area contributed by atoms with E-state index in [-0.39, 0.29) is 6.04 Å². The van der Waals surface area contributed by atoms with Crippen molar-refractivity contribution in [3.05, 3.63) is 54.3 Å². The van der Waals surface area contributed by atoms with E-state index in [0.717, 1.165) is 35.4 Å². The van der Waals surface area contributed by atoms with Crippen LogP contribution in [-0.4, -0.2) is 16.1 Å². The molecule has 0 aliphatic rings. The molecule has 1 aromatic carbocycles. The first-order valence-electron chi connectivity index (χ1n) is 6.97. The Bertz CT molecular complexity index is 665. The minimum absolute atomic E-state index is 0.0369. The van der Waals surface area contributed by atoms with E-state index in [1.54, 1.807) is 0 Å². The summed E-state index contributed by atoms with van der Waals surface area (Å²) in [4.78, 5) is 4.21. The second-order valence-corrected chi connectivity index (χ2v) is 5.00. The lowest BCUT2D eigenvalue weighted by atomic mass is 10.1. The maximum atomic E-state index is 6.00. The Labute approximate surface area is 118 Å². The van der Waals surface area contributed by atoms with Crippen LogP contribution in [0.1, 0.15) is 30.8 Å². The summed E-state index contributed by atoms with van der Waals surface area (Å²) in [5.74, 6) is 0.934. The molecule has 2 heterocycles. The third kappa shape index (κ3) is 2.34. The zero-order valence-electron chi connectivity index (χ0n) is 11.8. The molecule has 3 aromatic rings. The van der Waals surface area contributed by atoms with Crippen molar-refractivity contribution in [2.24, 2.45) is 7.05 Å². The van der Waals surface area contributed by atoms with Gasteiger partial charge in [0.1, 0.15) is 17.4 Å². The summed E-state index contributed by atoms with van der Waals surface area (Å²) in [6.45, 7) is 3.10. The van der Waals surface area contributed by atoms with Gasteiger partial charge in [0.2, 0.25) is 0 Å². The van der Waals surface area contributed by atoms with E-state index in [4.69, 9.17) is 4.42 Å². The van der Waals surface area contributed by atoms with Crippen LogP contribution >= 0.6 is 0 Å². The number of benzene rings is 1. The van der Waals surface area contributed by atoms with Gasteiger partial charge in [0.15, 0.2) is 0 Å². The number of hydrogen-bond donors (Lipinski definition) is 1. The molecule has 0 spiro atoms. The first-order chi connectivity index (χ1) is 9.79. The van der Waals surface area contributed by atoms with Crippen molar-refractivity contribution >= 4 is 11.0 Å². The topological polar surface area (TPSA) is 43.0 Å². The highest BCUT2D eigenvalue weighted by molar-refractivity contribution is 5.77. The lowest BCUT2D eigenvalue weighted by molar-refractivity contribution is 0.457. The van der Waals surface area contributed by atoms with Gasteiger partial charge in [-0.3, -0.25) is 0 Å². The second kappa shape index (κ2) is 5.51. The number of nitrogens with one attached hydrogen (secondary N) is 1. The highest BCUT2D eigenvalue weighted by Gasteiger charge is 2.20. The fourth-order valence-corrected chi connectivity index (χ4v) is 2.43. The van der Waals surface area contributed by atoms with Crippen LogP contribution < -0.4 is 5.32 Å². The number of aromatic nitrogens is 2. The third-order valence-corrected chi connectivity index (χ3v) is 3.48. The average molecular weight is 269 g/mol. The maximum Gasteiger partial charge on any atom is 0.134 e. The van der Waals surface area contributed by atoms with Gasteiger partial charge in [-0.15, -0.1) is 0 Å². The highest BCUT2D eigenvalue weighted by atomic mass is 16.3. The Kier molecular flexibility index (Phi) is 3.56. The summed E-state index contributed by atoms with van der Waals surface area (Å²) >= 11 is 0.